The van der Waals surface area contributed by atoms with Crippen LogP contribution in [0.25, 0.3) is 22.1 Å². The second-order valence-electron chi connectivity index (χ2n) is 6.41. The Morgan fingerprint density at radius 1 is 0.931 bits per heavy atom. The zero-order valence-electron chi connectivity index (χ0n) is 15.8. The third kappa shape index (κ3) is 3.75. The van der Waals surface area contributed by atoms with Crippen molar-refractivity contribution in [2.75, 3.05) is 13.7 Å². The first-order valence-corrected chi connectivity index (χ1v) is 9.07. The van der Waals surface area contributed by atoms with Crippen molar-refractivity contribution in [3.63, 3.8) is 0 Å². The van der Waals surface area contributed by atoms with Crippen molar-refractivity contribution in [3.8, 4) is 22.6 Å². The highest BCUT2D eigenvalue weighted by Gasteiger charge is 2.14. The lowest BCUT2D eigenvalue weighted by molar-refractivity contribution is 0.0921. The molecule has 0 amide bonds. The molecule has 4 aromatic rings. The van der Waals surface area contributed by atoms with Crippen molar-refractivity contribution in [2.24, 2.45) is 0 Å². The van der Waals surface area contributed by atoms with Gasteiger partial charge in [0.1, 0.15) is 23.3 Å². The van der Waals surface area contributed by atoms with E-state index in [-0.39, 0.29) is 17.8 Å². The molecule has 0 unspecified atom stereocenters. The van der Waals surface area contributed by atoms with E-state index in [2.05, 4.69) is 0 Å². The van der Waals surface area contributed by atoms with Crippen LogP contribution in [0.3, 0.4) is 0 Å². The molecule has 5 nitrogen and oxygen atoms in total. The molecule has 0 aliphatic carbocycles. The fourth-order valence-corrected chi connectivity index (χ4v) is 3.11. The Hall–Kier alpha value is -3.86. The first kappa shape index (κ1) is 18.5. The number of benzene rings is 3. The number of para-hydroxylation sites is 1. The Kier molecular flexibility index (Phi) is 5.12. The number of Topliss-reactive ketones (excluding diaryl/α,β-unsaturated/α-hetero) is 1. The summed E-state index contributed by atoms with van der Waals surface area (Å²) in [7, 11) is 1.56. The van der Waals surface area contributed by atoms with Crippen LogP contribution < -0.4 is 14.9 Å². The molecular formula is C24H18O5. The molecule has 0 atom stereocenters. The summed E-state index contributed by atoms with van der Waals surface area (Å²) >= 11 is 0. The average molecular weight is 386 g/mol. The summed E-state index contributed by atoms with van der Waals surface area (Å²) in [5.41, 5.74) is 1.89. The van der Waals surface area contributed by atoms with Gasteiger partial charge in [-0.3, -0.25) is 9.59 Å². The van der Waals surface area contributed by atoms with Crippen molar-refractivity contribution < 1.29 is 18.7 Å². The van der Waals surface area contributed by atoms with Crippen molar-refractivity contribution in [3.05, 3.63) is 94.8 Å². The van der Waals surface area contributed by atoms with E-state index in [1.165, 1.54) is 6.26 Å². The van der Waals surface area contributed by atoms with Gasteiger partial charge in [-0.25, -0.2) is 0 Å². The molecule has 0 aliphatic rings. The normalized spacial score (nSPS) is 10.7. The zero-order chi connectivity index (χ0) is 20.2. The van der Waals surface area contributed by atoms with Gasteiger partial charge in [0.2, 0.25) is 5.43 Å². The summed E-state index contributed by atoms with van der Waals surface area (Å²) in [5, 5.41) is 0.426. The highest BCUT2D eigenvalue weighted by molar-refractivity contribution is 5.97. The van der Waals surface area contributed by atoms with Crippen LogP contribution in [0.5, 0.6) is 11.5 Å². The Morgan fingerprint density at radius 3 is 2.48 bits per heavy atom. The maximum absolute atomic E-state index is 12.9. The van der Waals surface area contributed by atoms with E-state index in [1.807, 2.05) is 24.3 Å². The van der Waals surface area contributed by atoms with Gasteiger partial charge in [-0.05, 0) is 18.2 Å². The second kappa shape index (κ2) is 8.02. The van der Waals surface area contributed by atoms with E-state index in [4.69, 9.17) is 13.9 Å². The standard InChI is InChI=1S/C24H18O5/c1-27-22-10-6-5-9-18(22)20-14-29-23-13-17(11-12-19(23)24(20)26)28-15-21(25)16-7-3-2-4-8-16/h2-14H,15H2,1H3. The third-order valence-corrected chi connectivity index (χ3v) is 4.61. The van der Waals surface area contributed by atoms with Gasteiger partial charge in [-0.2, -0.15) is 0 Å². The number of carbonyl (C=O) groups excluding carboxylic acids is 1. The van der Waals surface area contributed by atoms with Gasteiger partial charge >= 0.3 is 0 Å². The van der Waals surface area contributed by atoms with E-state index in [1.54, 1.807) is 55.6 Å². The van der Waals surface area contributed by atoms with Gasteiger partial charge in [-0.15, -0.1) is 0 Å². The van der Waals surface area contributed by atoms with Gasteiger partial charge in [0.15, 0.2) is 12.4 Å². The molecule has 5 heteroatoms. The van der Waals surface area contributed by atoms with Crippen molar-refractivity contribution >= 4 is 16.8 Å². The van der Waals surface area contributed by atoms with Crippen LogP contribution in [-0.2, 0) is 0 Å². The van der Waals surface area contributed by atoms with E-state index in [9.17, 15) is 9.59 Å². The van der Waals surface area contributed by atoms with Crippen LogP contribution in [-0.4, -0.2) is 19.5 Å². The van der Waals surface area contributed by atoms with E-state index >= 15 is 0 Å². The minimum Gasteiger partial charge on any atom is -0.496 e. The van der Waals surface area contributed by atoms with E-state index in [0.29, 0.717) is 39.2 Å². The fraction of sp³-hybridized carbons (Fsp3) is 0.0833. The molecular weight excluding hydrogens is 368 g/mol. The molecule has 3 aromatic carbocycles. The lowest BCUT2D eigenvalue weighted by atomic mass is 10.0. The van der Waals surface area contributed by atoms with Gasteiger partial charge < -0.3 is 13.9 Å². The largest absolute Gasteiger partial charge is 0.496 e. The Labute approximate surface area is 167 Å². The number of carbonyl (C=O) groups is 1. The number of hydrogen-bond acceptors (Lipinski definition) is 5. The molecule has 144 valence electrons. The van der Waals surface area contributed by atoms with Crippen LogP contribution in [0.2, 0.25) is 0 Å². The van der Waals surface area contributed by atoms with Crippen LogP contribution in [0, 0.1) is 0 Å². The number of ether oxygens (including phenoxy) is 2. The van der Waals surface area contributed by atoms with Crippen LogP contribution in [0.4, 0.5) is 0 Å². The Bertz CT molecular complexity index is 1220. The maximum Gasteiger partial charge on any atom is 0.200 e. The Balaban J connectivity index is 1.61. The summed E-state index contributed by atoms with van der Waals surface area (Å²) in [6.07, 6.45) is 1.42. The first-order valence-electron chi connectivity index (χ1n) is 9.07. The fourth-order valence-electron chi connectivity index (χ4n) is 3.11. The van der Waals surface area contributed by atoms with Crippen molar-refractivity contribution in [2.45, 2.75) is 0 Å². The molecule has 0 N–H and O–H groups in total. The molecule has 0 bridgehead atoms. The van der Waals surface area contributed by atoms with Gasteiger partial charge in [0.05, 0.1) is 18.1 Å². The van der Waals surface area contributed by atoms with Crippen LogP contribution >= 0.6 is 0 Å². The number of rotatable bonds is 6. The molecule has 0 radical (unpaired) electrons. The van der Waals surface area contributed by atoms with Crippen molar-refractivity contribution in [1.82, 2.24) is 0 Å². The predicted molar refractivity (Wildman–Crippen MR) is 111 cm³/mol. The predicted octanol–water partition coefficient (Wildman–Crippen LogP) is 4.73. The summed E-state index contributed by atoms with van der Waals surface area (Å²) in [4.78, 5) is 25.1. The summed E-state index contributed by atoms with van der Waals surface area (Å²) in [6, 6.07) is 21.1. The average Bonchev–Trinajstić information content (AvgIpc) is 2.78. The number of fused-ring (bicyclic) bond motifs is 1. The van der Waals surface area contributed by atoms with Gasteiger partial charge in [-0.1, -0.05) is 48.5 Å². The lowest BCUT2D eigenvalue weighted by Crippen LogP contribution is -2.11. The second-order valence-corrected chi connectivity index (χ2v) is 6.41. The quantitative estimate of drug-likeness (QED) is 0.448. The number of hydrogen-bond donors (Lipinski definition) is 0. The van der Waals surface area contributed by atoms with Crippen LogP contribution in [0.1, 0.15) is 10.4 Å². The molecule has 4 rings (SSSR count). The maximum atomic E-state index is 12.9. The summed E-state index contributed by atoms with van der Waals surface area (Å²) in [5.74, 6) is 0.923. The molecule has 1 aromatic heterocycles. The number of methoxy groups -OCH3 is 1. The highest BCUT2D eigenvalue weighted by atomic mass is 16.5. The molecule has 0 spiro atoms. The Morgan fingerprint density at radius 2 is 1.69 bits per heavy atom. The third-order valence-electron chi connectivity index (χ3n) is 4.61. The summed E-state index contributed by atoms with van der Waals surface area (Å²) < 4.78 is 16.6. The number of ketones is 1. The molecule has 29 heavy (non-hydrogen) atoms. The van der Waals surface area contributed by atoms with Crippen LogP contribution in [0.15, 0.2) is 88.3 Å². The first-order chi connectivity index (χ1) is 14.2. The minimum absolute atomic E-state index is 0.0982. The minimum atomic E-state index is -0.164. The molecule has 0 aliphatic heterocycles. The lowest BCUT2D eigenvalue weighted by Gasteiger charge is -2.09. The van der Waals surface area contributed by atoms with E-state index < -0.39 is 0 Å². The zero-order valence-corrected chi connectivity index (χ0v) is 15.8. The molecule has 0 saturated heterocycles. The van der Waals surface area contributed by atoms with E-state index in [0.717, 1.165) is 0 Å². The molecule has 1 heterocycles. The van der Waals surface area contributed by atoms with Gasteiger partial charge in [0, 0.05) is 17.2 Å². The highest BCUT2D eigenvalue weighted by Crippen LogP contribution is 2.29. The topological polar surface area (TPSA) is 65.7 Å². The van der Waals surface area contributed by atoms with Gasteiger partial charge in [0.25, 0.3) is 0 Å². The molecule has 0 fully saturated rings. The smallest absolute Gasteiger partial charge is 0.200 e. The molecule has 0 saturated carbocycles. The summed E-state index contributed by atoms with van der Waals surface area (Å²) in [6.45, 7) is -0.0982. The monoisotopic (exact) mass is 386 g/mol. The SMILES string of the molecule is COc1ccccc1-c1coc2cc(OCC(=O)c3ccccc3)ccc2c1=O. The van der Waals surface area contributed by atoms with Crippen molar-refractivity contribution in [1.29, 1.82) is 0 Å².